The van der Waals surface area contributed by atoms with E-state index >= 15 is 0 Å². The number of aromatic nitrogens is 3. The molecule has 2 N–H and O–H groups in total. The molecule has 3 heterocycles. The lowest BCUT2D eigenvalue weighted by Gasteiger charge is -2.03. The van der Waals surface area contributed by atoms with Crippen molar-refractivity contribution in [3.8, 4) is 11.3 Å². The first kappa shape index (κ1) is 13.0. The van der Waals surface area contributed by atoms with Gasteiger partial charge in [0.05, 0.1) is 18.6 Å². The Kier molecular flexibility index (Phi) is 3.08. The van der Waals surface area contributed by atoms with Gasteiger partial charge < -0.3 is 5.32 Å². The number of benzene rings is 1. The van der Waals surface area contributed by atoms with Gasteiger partial charge in [-0.05, 0) is 24.3 Å². The second kappa shape index (κ2) is 5.23. The number of nitrogens with one attached hydrogen (secondary N) is 2. The summed E-state index contributed by atoms with van der Waals surface area (Å²) >= 11 is 0. The van der Waals surface area contributed by atoms with Crippen LogP contribution in [-0.4, -0.2) is 27.8 Å². The van der Waals surface area contributed by atoms with Gasteiger partial charge in [0.15, 0.2) is 5.65 Å². The lowest BCUT2D eigenvalue weighted by Crippen LogP contribution is -2.10. The number of nitrogens with zero attached hydrogens (tertiary/aromatic N) is 3. The van der Waals surface area contributed by atoms with Gasteiger partial charge in [-0.15, -0.1) is 0 Å². The summed E-state index contributed by atoms with van der Waals surface area (Å²) in [4.78, 5) is 4.58. The molecule has 5 nitrogen and oxygen atoms in total. The molecule has 1 aromatic carbocycles. The first-order valence-electron chi connectivity index (χ1n) is 7.06. The number of hydrogen-bond acceptors (Lipinski definition) is 4. The van der Waals surface area contributed by atoms with E-state index in [9.17, 15) is 4.39 Å². The highest BCUT2D eigenvalue weighted by Gasteiger charge is 2.11. The maximum absolute atomic E-state index is 13.9. The van der Waals surface area contributed by atoms with E-state index in [2.05, 4.69) is 20.7 Å². The van der Waals surface area contributed by atoms with Gasteiger partial charge in [0.2, 0.25) is 0 Å². The fraction of sp³-hybridized carbons (Fsp3) is 0.125. The van der Waals surface area contributed by atoms with Gasteiger partial charge in [0.25, 0.3) is 0 Å². The van der Waals surface area contributed by atoms with Crippen molar-refractivity contribution < 1.29 is 4.39 Å². The molecule has 1 aliphatic heterocycles. The normalized spacial score (nSPS) is 16.3. The second-order valence-electron chi connectivity index (χ2n) is 5.11. The molecule has 0 saturated carbocycles. The molecule has 1 saturated heterocycles. The highest BCUT2D eigenvalue weighted by atomic mass is 19.1. The van der Waals surface area contributed by atoms with Crippen LogP contribution in [0.3, 0.4) is 0 Å². The minimum absolute atomic E-state index is 0.277. The average molecular weight is 295 g/mol. The number of rotatable bonds is 2. The SMILES string of the molecule is Fc1ccccc1-c1ccn2ncc(C=C3CNCN3)c2n1. The average Bonchev–Trinajstić information content (AvgIpc) is 3.18. The predicted molar refractivity (Wildman–Crippen MR) is 82.4 cm³/mol. The fourth-order valence-corrected chi connectivity index (χ4v) is 2.53. The van der Waals surface area contributed by atoms with Crippen LogP contribution in [0.2, 0.25) is 0 Å². The fourth-order valence-electron chi connectivity index (χ4n) is 2.53. The Morgan fingerprint density at radius 3 is 2.95 bits per heavy atom. The summed E-state index contributed by atoms with van der Waals surface area (Å²) in [5, 5.41) is 10.7. The van der Waals surface area contributed by atoms with Gasteiger partial charge in [-0.25, -0.2) is 13.9 Å². The van der Waals surface area contributed by atoms with Gasteiger partial charge in [-0.3, -0.25) is 5.32 Å². The Morgan fingerprint density at radius 2 is 2.14 bits per heavy atom. The molecule has 1 fully saturated rings. The Labute approximate surface area is 126 Å². The van der Waals surface area contributed by atoms with Crippen molar-refractivity contribution in [2.45, 2.75) is 0 Å². The van der Waals surface area contributed by atoms with Crippen molar-refractivity contribution in [3.63, 3.8) is 0 Å². The number of fused-ring (bicyclic) bond motifs is 1. The van der Waals surface area contributed by atoms with Crippen molar-refractivity contribution in [1.29, 1.82) is 0 Å². The molecule has 22 heavy (non-hydrogen) atoms. The van der Waals surface area contributed by atoms with Crippen LogP contribution in [0.4, 0.5) is 4.39 Å². The Morgan fingerprint density at radius 1 is 1.23 bits per heavy atom. The van der Waals surface area contributed by atoms with Crippen LogP contribution in [0.25, 0.3) is 23.0 Å². The third-order valence-electron chi connectivity index (χ3n) is 3.63. The lowest BCUT2D eigenvalue weighted by molar-refractivity contribution is 0.630. The summed E-state index contributed by atoms with van der Waals surface area (Å²) in [6.07, 6.45) is 5.58. The molecule has 110 valence electrons. The Balaban J connectivity index is 1.83. The van der Waals surface area contributed by atoms with Crippen LogP contribution in [0.5, 0.6) is 0 Å². The monoisotopic (exact) mass is 295 g/mol. The molecule has 1 aliphatic rings. The van der Waals surface area contributed by atoms with E-state index in [4.69, 9.17) is 0 Å². The highest BCUT2D eigenvalue weighted by molar-refractivity contribution is 5.70. The van der Waals surface area contributed by atoms with Crippen molar-refractivity contribution in [2.75, 3.05) is 13.2 Å². The van der Waals surface area contributed by atoms with Crippen molar-refractivity contribution >= 4 is 11.7 Å². The third-order valence-corrected chi connectivity index (χ3v) is 3.63. The van der Waals surface area contributed by atoms with Gasteiger partial charge in [0, 0.05) is 29.6 Å². The zero-order chi connectivity index (χ0) is 14.9. The summed E-state index contributed by atoms with van der Waals surface area (Å²) in [6, 6.07) is 8.41. The third kappa shape index (κ3) is 2.23. The maximum Gasteiger partial charge on any atom is 0.162 e. The zero-order valence-corrected chi connectivity index (χ0v) is 11.8. The summed E-state index contributed by atoms with van der Waals surface area (Å²) < 4.78 is 15.6. The molecular formula is C16H14FN5. The molecular weight excluding hydrogens is 281 g/mol. The van der Waals surface area contributed by atoms with E-state index in [1.165, 1.54) is 6.07 Å². The van der Waals surface area contributed by atoms with Crippen LogP contribution in [-0.2, 0) is 0 Å². The van der Waals surface area contributed by atoms with E-state index in [-0.39, 0.29) is 5.82 Å². The number of hydrogen-bond donors (Lipinski definition) is 2. The molecule has 4 rings (SSSR count). The van der Waals surface area contributed by atoms with Gasteiger partial charge >= 0.3 is 0 Å². The topological polar surface area (TPSA) is 54.2 Å². The quantitative estimate of drug-likeness (QED) is 0.759. The lowest BCUT2D eigenvalue weighted by atomic mass is 10.1. The van der Waals surface area contributed by atoms with Crippen LogP contribution in [0.15, 0.2) is 48.4 Å². The van der Waals surface area contributed by atoms with Crippen LogP contribution in [0, 0.1) is 5.82 Å². The molecule has 0 amide bonds. The van der Waals surface area contributed by atoms with E-state index in [0.717, 1.165) is 24.5 Å². The Bertz CT molecular complexity index is 860. The van der Waals surface area contributed by atoms with E-state index in [1.54, 1.807) is 41.2 Å². The minimum atomic E-state index is -0.277. The molecule has 2 aromatic heterocycles. The zero-order valence-electron chi connectivity index (χ0n) is 11.8. The molecule has 0 radical (unpaired) electrons. The van der Waals surface area contributed by atoms with Crippen LogP contribution >= 0.6 is 0 Å². The summed E-state index contributed by atoms with van der Waals surface area (Å²) in [5.74, 6) is -0.277. The largest absolute Gasteiger partial charge is 0.375 e. The van der Waals surface area contributed by atoms with Crippen LogP contribution in [0.1, 0.15) is 5.56 Å². The molecule has 0 unspecified atom stereocenters. The smallest absolute Gasteiger partial charge is 0.162 e. The molecule has 6 heteroatoms. The highest BCUT2D eigenvalue weighted by Crippen LogP contribution is 2.22. The summed E-state index contributed by atoms with van der Waals surface area (Å²) in [5.41, 5.74) is 3.80. The first-order valence-corrected chi connectivity index (χ1v) is 7.06. The molecule has 0 spiro atoms. The van der Waals surface area contributed by atoms with E-state index in [0.29, 0.717) is 16.9 Å². The van der Waals surface area contributed by atoms with E-state index in [1.807, 2.05) is 6.08 Å². The minimum Gasteiger partial charge on any atom is -0.375 e. The van der Waals surface area contributed by atoms with Crippen molar-refractivity contribution in [3.05, 3.63) is 59.8 Å². The standard InChI is InChI=1S/C16H14FN5/c17-14-4-2-1-3-13(14)15-5-6-22-16(21-15)11(8-20-22)7-12-9-18-10-19-12/h1-8,18-19H,9-10H2. The van der Waals surface area contributed by atoms with Gasteiger partial charge in [0.1, 0.15) is 5.82 Å². The van der Waals surface area contributed by atoms with Crippen molar-refractivity contribution in [2.24, 2.45) is 0 Å². The molecule has 0 bridgehead atoms. The molecule has 0 aliphatic carbocycles. The number of halogens is 1. The predicted octanol–water partition coefficient (Wildman–Crippen LogP) is 2.03. The van der Waals surface area contributed by atoms with Gasteiger partial charge in [-0.1, -0.05) is 12.1 Å². The summed E-state index contributed by atoms with van der Waals surface area (Å²) in [7, 11) is 0. The van der Waals surface area contributed by atoms with E-state index < -0.39 is 0 Å². The van der Waals surface area contributed by atoms with Crippen molar-refractivity contribution in [1.82, 2.24) is 25.2 Å². The second-order valence-corrected chi connectivity index (χ2v) is 5.11. The van der Waals surface area contributed by atoms with Crippen LogP contribution < -0.4 is 10.6 Å². The Hall–Kier alpha value is -2.73. The molecule has 3 aromatic rings. The van der Waals surface area contributed by atoms with Gasteiger partial charge in [-0.2, -0.15) is 5.10 Å². The summed E-state index contributed by atoms with van der Waals surface area (Å²) in [6.45, 7) is 1.56. The molecule has 0 atom stereocenters. The maximum atomic E-state index is 13.9. The first-order chi connectivity index (χ1) is 10.8.